The van der Waals surface area contributed by atoms with E-state index in [0.29, 0.717) is 23.7 Å². The fourth-order valence-electron chi connectivity index (χ4n) is 2.07. The van der Waals surface area contributed by atoms with Crippen molar-refractivity contribution in [3.8, 4) is 0 Å². The molecule has 0 amide bonds. The number of nitrogen functional groups attached to an aromatic ring is 1. The Hall–Kier alpha value is -2.64. The summed E-state index contributed by atoms with van der Waals surface area (Å²) in [7, 11) is 1.58. The summed E-state index contributed by atoms with van der Waals surface area (Å²) in [6.07, 6.45) is 2.53. The van der Waals surface area contributed by atoms with E-state index in [9.17, 15) is 9.90 Å². The molecule has 0 atom stereocenters. The number of nitrogens with two attached hydrogens (primary N) is 1. The molecule has 1 aliphatic carbocycles. The third-order valence-electron chi connectivity index (χ3n) is 3.18. The van der Waals surface area contributed by atoms with Gasteiger partial charge in [-0.25, -0.2) is 0 Å². The zero-order chi connectivity index (χ0) is 16.8. The number of aliphatic imine (C=N–C) groups is 1. The number of aliphatic hydroxyl groups is 2. The Labute approximate surface area is 133 Å². The predicted molar refractivity (Wildman–Crippen MR) is 88.4 cm³/mol. The molecule has 5 N–H and O–H groups in total. The van der Waals surface area contributed by atoms with Crippen LogP contribution in [-0.4, -0.2) is 42.0 Å². The maximum Gasteiger partial charge on any atom is 0.207 e. The minimum absolute atomic E-state index is 0.124. The first kappa shape index (κ1) is 16.7. The van der Waals surface area contributed by atoms with Crippen LogP contribution in [0.5, 0.6) is 0 Å². The van der Waals surface area contributed by atoms with Gasteiger partial charge in [-0.1, -0.05) is 0 Å². The predicted octanol–water partition coefficient (Wildman–Crippen LogP) is 1.17. The number of nitrogens with one attached hydrogen (secondary N) is 1. The van der Waals surface area contributed by atoms with E-state index in [2.05, 4.69) is 10.3 Å². The van der Waals surface area contributed by atoms with Crippen molar-refractivity contribution in [2.24, 2.45) is 4.99 Å². The monoisotopic (exact) mass is 317 g/mol. The topological polar surface area (TPSA) is 117 Å². The summed E-state index contributed by atoms with van der Waals surface area (Å²) in [6, 6.07) is 5.28. The third-order valence-corrected chi connectivity index (χ3v) is 3.18. The van der Waals surface area contributed by atoms with Crippen LogP contribution in [-0.2, 0) is 16.1 Å². The van der Waals surface area contributed by atoms with Crippen LogP contribution in [0.3, 0.4) is 0 Å². The maximum absolute atomic E-state index is 11.7. The number of allylic oxidation sites excluding steroid dienone is 2. The van der Waals surface area contributed by atoms with Crippen LogP contribution < -0.4 is 11.1 Å². The summed E-state index contributed by atoms with van der Waals surface area (Å²) >= 11 is 0. The highest BCUT2D eigenvalue weighted by molar-refractivity contribution is 6.49. The number of nitrogens with zero attached hydrogens (tertiary/aromatic N) is 1. The molecule has 0 fully saturated rings. The highest BCUT2D eigenvalue weighted by atomic mass is 16.5. The molecular weight excluding hydrogens is 298 g/mol. The second-order valence-electron chi connectivity index (χ2n) is 4.91. The van der Waals surface area contributed by atoms with Crippen LogP contribution in [0.2, 0.25) is 0 Å². The van der Waals surface area contributed by atoms with Gasteiger partial charge < -0.3 is 26.0 Å². The summed E-state index contributed by atoms with van der Waals surface area (Å²) < 4.78 is 5.08. The van der Waals surface area contributed by atoms with Crippen molar-refractivity contribution in [1.82, 2.24) is 0 Å². The molecule has 23 heavy (non-hydrogen) atoms. The smallest absolute Gasteiger partial charge is 0.207 e. The molecule has 7 nitrogen and oxygen atoms in total. The molecule has 0 spiro atoms. The van der Waals surface area contributed by atoms with Gasteiger partial charge in [0.15, 0.2) is 0 Å². The van der Waals surface area contributed by atoms with E-state index in [0.717, 1.165) is 11.6 Å². The molecule has 0 aromatic heterocycles. The van der Waals surface area contributed by atoms with Gasteiger partial charge in [-0.3, -0.25) is 9.79 Å². The van der Waals surface area contributed by atoms with Gasteiger partial charge in [-0.05, 0) is 24.3 Å². The number of carbonyl (C=O) groups is 1. The van der Waals surface area contributed by atoms with E-state index in [1.807, 2.05) is 0 Å². The number of carbonyl (C=O) groups excluding carboxylic acids is 1. The summed E-state index contributed by atoms with van der Waals surface area (Å²) in [4.78, 5) is 15.7. The fourth-order valence-corrected chi connectivity index (χ4v) is 2.07. The third kappa shape index (κ3) is 4.18. The lowest BCUT2D eigenvalue weighted by Crippen LogP contribution is -2.19. The first-order valence-corrected chi connectivity index (χ1v) is 7.02. The summed E-state index contributed by atoms with van der Waals surface area (Å²) in [5.41, 5.74) is 8.48. The Balaban J connectivity index is 2.25. The van der Waals surface area contributed by atoms with Crippen molar-refractivity contribution < 1.29 is 19.7 Å². The van der Waals surface area contributed by atoms with Crippen molar-refractivity contribution in [2.75, 3.05) is 31.3 Å². The Morgan fingerprint density at radius 1 is 1.35 bits per heavy atom. The first-order chi connectivity index (χ1) is 11.0. The Morgan fingerprint density at radius 2 is 2.13 bits per heavy atom. The lowest BCUT2D eigenvalue weighted by molar-refractivity contribution is -0.109. The molecule has 1 aromatic rings. The quantitative estimate of drug-likeness (QED) is 0.462. The Morgan fingerprint density at radius 3 is 2.83 bits per heavy atom. The van der Waals surface area contributed by atoms with Crippen molar-refractivity contribution in [3.63, 3.8) is 0 Å². The maximum atomic E-state index is 11.7. The molecule has 0 heterocycles. The zero-order valence-corrected chi connectivity index (χ0v) is 12.7. The molecule has 0 bridgehead atoms. The fraction of sp³-hybridized carbons (Fsp3) is 0.250. The van der Waals surface area contributed by atoms with Crippen LogP contribution in [0.25, 0.3) is 0 Å². The standard InChI is InChI=1S/C16H19N3O4/c1-23-9-10-6-11(2-3-12(10)17)19-14-7-13(18-4-5-20)15(21)8-16(14)22/h2-3,6-8,19-20,22H,4-5,9,17H2,1H3. The summed E-state index contributed by atoms with van der Waals surface area (Å²) in [6.45, 7) is 0.338. The largest absolute Gasteiger partial charge is 0.506 e. The Kier molecular flexibility index (Phi) is 5.51. The molecule has 122 valence electrons. The van der Waals surface area contributed by atoms with E-state index >= 15 is 0 Å². The molecule has 2 rings (SSSR count). The van der Waals surface area contributed by atoms with Gasteiger partial charge in [0.2, 0.25) is 5.78 Å². The molecule has 1 aliphatic rings. The van der Waals surface area contributed by atoms with Gasteiger partial charge in [0.25, 0.3) is 0 Å². The van der Waals surface area contributed by atoms with E-state index in [1.54, 1.807) is 25.3 Å². The van der Waals surface area contributed by atoms with Crippen molar-refractivity contribution in [3.05, 3.63) is 47.4 Å². The van der Waals surface area contributed by atoms with E-state index in [1.165, 1.54) is 6.08 Å². The van der Waals surface area contributed by atoms with Gasteiger partial charge in [0, 0.05) is 30.1 Å². The molecule has 0 saturated carbocycles. The SMILES string of the molecule is COCc1cc(NC2=CC(=NCCO)C(=O)C=C2O)ccc1N. The average Bonchev–Trinajstić information content (AvgIpc) is 2.52. The number of methoxy groups -OCH3 is 1. The van der Waals surface area contributed by atoms with Gasteiger partial charge >= 0.3 is 0 Å². The lowest BCUT2D eigenvalue weighted by Gasteiger charge is -2.16. The van der Waals surface area contributed by atoms with Crippen molar-refractivity contribution >= 4 is 22.9 Å². The molecule has 0 saturated heterocycles. The van der Waals surface area contributed by atoms with Crippen LogP contribution in [0.4, 0.5) is 11.4 Å². The second kappa shape index (κ2) is 7.57. The summed E-state index contributed by atoms with van der Waals surface area (Å²) in [5.74, 6) is -0.582. The zero-order valence-electron chi connectivity index (χ0n) is 12.7. The van der Waals surface area contributed by atoms with Gasteiger partial charge in [-0.2, -0.15) is 0 Å². The minimum Gasteiger partial charge on any atom is -0.506 e. The van der Waals surface area contributed by atoms with Gasteiger partial charge in [-0.15, -0.1) is 0 Å². The highest BCUT2D eigenvalue weighted by Crippen LogP contribution is 2.22. The number of aliphatic hydroxyl groups excluding tert-OH is 2. The average molecular weight is 317 g/mol. The number of benzene rings is 1. The molecule has 0 radical (unpaired) electrons. The second-order valence-corrected chi connectivity index (χ2v) is 4.91. The number of hydrogen-bond acceptors (Lipinski definition) is 7. The van der Waals surface area contributed by atoms with Crippen LogP contribution in [0.15, 0.2) is 46.8 Å². The number of anilines is 2. The molecular formula is C16H19N3O4. The molecule has 1 aromatic carbocycles. The normalized spacial score (nSPS) is 16.3. The minimum atomic E-state index is -0.404. The van der Waals surface area contributed by atoms with Gasteiger partial charge in [0.1, 0.15) is 11.5 Å². The van der Waals surface area contributed by atoms with E-state index < -0.39 is 5.78 Å². The number of hydrogen-bond donors (Lipinski definition) is 4. The molecule has 7 heteroatoms. The lowest BCUT2D eigenvalue weighted by atomic mass is 10.1. The van der Waals surface area contributed by atoms with Gasteiger partial charge in [0.05, 0.1) is 25.5 Å². The van der Waals surface area contributed by atoms with Crippen LogP contribution >= 0.6 is 0 Å². The number of ketones is 1. The van der Waals surface area contributed by atoms with Crippen LogP contribution in [0.1, 0.15) is 5.56 Å². The van der Waals surface area contributed by atoms with E-state index in [4.69, 9.17) is 15.6 Å². The first-order valence-electron chi connectivity index (χ1n) is 7.02. The number of ether oxygens (including phenoxy) is 1. The van der Waals surface area contributed by atoms with Crippen molar-refractivity contribution in [2.45, 2.75) is 6.61 Å². The summed E-state index contributed by atoms with van der Waals surface area (Å²) in [5, 5.41) is 21.7. The van der Waals surface area contributed by atoms with E-state index in [-0.39, 0.29) is 24.6 Å². The number of rotatable bonds is 6. The van der Waals surface area contributed by atoms with Crippen molar-refractivity contribution in [1.29, 1.82) is 0 Å². The molecule has 0 unspecified atom stereocenters. The molecule has 0 aliphatic heterocycles. The Bertz CT molecular complexity index is 693. The highest BCUT2D eigenvalue weighted by Gasteiger charge is 2.18. The van der Waals surface area contributed by atoms with Crippen LogP contribution in [0, 0.1) is 0 Å².